The Morgan fingerprint density at radius 1 is 1.30 bits per heavy atom. The number of hydrogen-bond acceptors (Lipinski definition) is 3. The van der Waals surface area contributed by atoms with Gasteiger partial charge in [-0.15, -0.1) is 0 Å². The van der Waals surface area contributed by atoms with Crippen LogP contribution in [0.15, 0.2) is 18.2 Å². The third-order valence-electron chi connectivity index (χ3n) is 3.23. The van der Waals surface area contributed by atoms with E-state index < -0.39 is 0 Å². The fourth-order valence-electron chi connectivity index (χ4n) is 2.20. The molecule has 0 radical (unpaired) electrons. The van der Waals surface area contributed by atoms with E-state index in [0.717, 1.165) is 31.6 Å². The van der Waals surface area contributed by atoms with Gasteiger partial charge in [0, 0.05) is 18.8 Å². The van der Waals surface area contributed by atoms with Gasteiger partial charge in [0.2, 0.25) is 0 Å². The van der Waals surface area contributed by atoms with Crippen LogP contribution in [0.2, 0.25) is 0 Å². The lowest BCUT2D eigenvalue weighted by atomic mass is 10.0. The summed E-state index contributed by atoms with van der Waals surface area (Å²) < 4.78 is 24.4. The second-order valence-corrected chi connectivity index (χ2v) is 4.88. The summed E-state index contributed by atoms with van der Waals surface area (Å²) in [5.41, 5.74) is 1.32. The van der Waals surface area contributed by atoms with Crippen molar-refractivity contribution in [2.75, 3.05) is 26.4 Å². The molecule has 3 nitrogen and oxygen atoms in total. The van der Waals surface area contributed by atoms with Crippen molar-refractivity contribution in [1.29, 1.82) is 0 Å². The fraction of sp³-hybridized carbons (Fsp3) is 0.500. The van der Waals surface area contributed by atoms with Gasteiger partial charge in [-0.25, -0.2) is 4.39 Å². The minimum absolute atomic E-state index is 0.230. The van der Waals surface area contributed by atoms with Gasteiger partial charge in [0.1, 0.15) is 12.4 Å². The molecule has 1 aromatic carbocycles. The van der Waals surface area contributed by atoms with Crippen molar-refractivity contribution in [2.24, 2.45) is 5.92 Å². The zero-order valence-corrected chi connectivity index (χ0v) is 11.4. The minimum Gasteiger partial charge on any atom is -0.384 e. The predicted octanol–water partition coefficient (Wildman–Crippen LogP) is 2.11. The first-order chi connectivity index (χ1) is 9.78. The predicted molar refractivity (Wildman–Crippen MR) is 73.6 cm³/mol. The summed E-state index contributed by atoms with van der Waals surface area (Å²) in [5, 5.41) is 8.65. The van der Waals surface area contributed by atoms with E-state index in [4.69, 9.17) is 14.6 Å². The van der Waals surface area contributed by atoms with Gasteiger partial charge in [0.25, 0.3) is 0 Å². The third-order valence-corrected chi connectivity index (χ3v) is 3.23. The smallest absolute Gasteiger partial charge is 0.124 e. The number of hydrogen-bond donors (Lipinski definition) is 1. The Hall–Kier alpha value is -1.41. The molecule has 108 valence electrons. The zero-order chi connectivity index (χ0) is 14.2. The van der Waals surface area contributed by atoms with Crippen LogP contribution in [0, 0.1) is 23.6 Å². The molecule has 1 fully saturated rings. The van der Waals surface area contributed by atoms with Crippen molar-refractivity contribution < 1.29 is 19.0 Å². The molecule has 0 saturated carbocycles. The third kappa shape index (κ3) is 4.93. The molecule has 0 atom stereocenters. The highest BCUT2D eigenvalue weighted by molar-refractivity contribution is 5.37. The van der Waals surface area contributed by atoms with E-state index in [9.17, 15) is 4.39 Å². The van der Waals surface area contributed by atoms with E-state index in [1.165, 1.54) is 12.1 Å². The summed E-state index contributed by atoms with van der Waals surface area (Å²) >= 11 is 0. The van der Waals surface area contributed by atoms with E-state index >= 15 is 0 Å². The maximum Gasteiger partial charge on any atom is 0.124 e. The molecule has 2 rings (SSSR count). The molecular weight excluding hydrogens is 259 g/mol. The average molecular weight is 278 g/mol. The summed E-state index contributed by atoms with van der Waals surface area (Å²) in [5.74, 6) is 5.41. The van der Waals surface area contributed by atoms with Gasteiger partial charge in [0.05, 0.1) is 13.2 Å². The first-order valence-corrected chi connectivity index (χ1v) is 6.82. The lowest BCUT2D eigenvalue weighted by Gasteiger charge is -2.21. The Kier molecular flexibility index (Phi) is 6.00. The van der Waals surface area contributed by atoms with Crippen molar-refractivity contribution in [3.8, 4) is 11.8 Å². The number of halogens is 1. The second kappa shape index (κ2) is 8.01. The number of rotatable bonds is 4. The summed E-state index contributed by atoms with van der Waals surface area (Å²) in [6.07, 6.45) is 2.05. The van der Waals surface area contributed by atoms with Gasteiger partial charge in [-0.3, -0.25) is 0 Å². The normalized spacial score (nSPS) is 15.7. The molecule has 1 aliphatic rings. The van der Waals surface area contributed by atoms with E-state index in [-0.39, 0.29) is 12.4 Å². The molecule has 1 saturated heterocycles. The molecule has 0 unspecified atom stereocenters. The van der Waals surface area contributed by atoms with E-state index in [1.54, 1.807) is 6.07 Å². The fourth-order valence-corrected chi connectivity index (χ4v) is 2.20. The Balaban J connectivity index is 1.86. The molecule has 1 heterocycles. The van der Waals surface area contributed by atoms with Gasteiger partial charge >= 0.3 is 0 Å². The van der Waals surface area contributed by atoms with Gasteiger partial charge in [0.15, 0.2) is 0 Å². The van der Waals surface area contributed by atoms with Crippen LogP contribution in [0.3, 0.4) is 0 Å². The molecule has 1 N–H and O–H groups in total. The molecule has 0 spiro atoms. The highest BCUT2D eigenvalue weighted by Gasteiger charge is 2.13. The first kappa shape index (κ1) is 15.0. The number of ether oxygens (including phenoxy) is 2. The summed E-state index contributed by atoms with van der Waals surface area (Å²) in [4.78, 5) is 0. The average Bonchev–Trinajstić information content (AvgIpc) is 2.46. The van der Waals surface area contributed by atoms with Crippen molar-refractivity contribution >= 4 is 0 Å². The van der Waals surface area contributed by atoms with Crippen LogP contribution in [-0.2, 0) is 16.1 Å². The first-order valence-electron chi connectivity index (χ1n) is 6.82. The van der Waals surface area contributed by atoms with Crippen LogP contribution >= 0.6 is 0 Å². The quantitative estimate of drug-likeness (QED) is 0.857. The van der Waals surface area contributed by atoms with Crippen LogP contribution in [0.1, 0.15) is 24.0 Å². The van der Waals surface area contributed by atoms with Crippen molar-refractivity contribution in [3.05, 3.63) is 35.1 Å². The van der Waals surface area contributed by atoms with Crippen molar-refractivity contribution in [2.45, 2.75) is 19.4 Å². The molecule has 1 aromatic rings. The van der Waals surface area contributed by atoms with Crippen LogP contribution in [0.4, 0.5) is 4.39 Å². The Labute approximate surface area is 118 Å². The second-order valence-electron chi connectivity index (χ2n) is 4.88. The van der Waals surface area contributed by atoms with Crippen LogP contribution in [-0.4, -0.2) is 31.5 Å². The molecule has 20 heavy (non-hydrogen) atoms. The summed E-state index contributed by atoms with van der Waals surface area (Å²) in [6, 6.07) is 4.59. The standard InChI is InChI=1S/C16H19FO3/c17-16-9-14(2-1-5-18)8-15(10-16)12-20-11-13-3-6-19-7-4-13/h8-10,13,18H,3-7,11-12H2. The van der Waals surface area contributed by atoms with Crippen molar-refractivity contribution in [3.63, 3.8) is 0 Å². The number of aliphatic hydroxyl groups excluding tert-OH is 1. The molecule has 0 aliphatic carbocycles. The Bertz CT molecular complexity index is 484. The summed E-state index contributed by atoms with van der Waals surface area (Å²) in [7, 11) is 0. The number of benzene rings is 1. The van der Waals surface area contributed by atoms with Gasteiger partial charge in [-0.05, 0) is 42.5 Å². The maximum absolute atomic E-state index is 13.4. The Morgan fingerprint density at radius 2 is 2.10 bits per heavy atom. The topological polar surface area (TPSA) is 38.7 Å². The highest BCUT2D eigenvalue weighted by atomic mass is 19.1. The molecule has 0 bridgehead atoms. The van der Waals surface area contributed by atoms with Gasteiger partial charge in [-0.1, -0.05) is 11.8 Å². The monoisotopic (exact) mass is 278 g/mol. The van der Waals surface area contributed by atoms with Crippen LogP contribution in [0.25, 0.3) is 0 Å². The lowest BCUT2D eigenvalue weighted by molar-refractivity contribution is 0.0157. The summed E-state index contributed by atoms with van der Waals surface area (Å²) in [6.45, 7) is 2.43. The van der Waals surface area contributed by atoms with Gasteiger partial charge < -0.3 is 14.6 Å². The van der Waals surface area contributed by atoms with Crippen LogP contribution < -0.4 is 0 Å². The maximum atomic E-state index is 13.4. The molecular formula is C16H19FO3. The van der Waals surface area contributed by atoms with Gasteiger partial charge in [-0.2, -0.15) is 0 Å². The van der Waals surface area contributed by atoms with E-state index in [2.05, 4.69) is 11.8 Å². The van der Waals surface area contributed by atoms with Crippen LogP contribution in [0.5, 0.6) is 0 Å². The van der Waals surface area contributed by atoms with E-state index in [1.807, 2.05) is 0 Å². The highest BCUT2D eigenvalue weighted by Crippen LogP contribution is 2.16. The SMILES string of the molecule is OCC#Cc1cc(F)cc(COCC2CCOCC2)c1. The molecule has 4 heteroatoms. The van der Waals surface area contributed by atoms with E-state index in [0.29, 0.717) is 24.7 Å². The Morgan fingerprint density at radius 3 is 2.85 bits per heavy atom. The largest absolute Gasteiger partial charge is 0.384 e. The minimum atomic E-state index is -0.334. The number of aliphatic hydroxyl groups is 1. The lowest BCUT2D eigenvalue weighted by Crippen LogP contribution is -2.20. The van der Waals surface area contributed by atoms with Crippen molar-refractivity contribution in [1.82, 2.24) is 0 Å². The molecule has 0 aromatic heterocycles. The zero-order valence-electron chi connectivity index (χ0n) is 11.4. The molecule has 0 amide bonds. The molecule has 1 aliphatic heterocycles.